The van der Waals surface area contributed by atoms with Crippen molar-refractivity contribution in [3.8, 4) is 0 Å². The SMILES string of the molecule is CN(C)C(=S)c1ccccc1I. The highest BCUT2D eigenvalue weighted by molar-refractivity contribution is 14.1. The van der Waals surface area contributed by atoms with Crippen LogP contribution in [-0.2, 0) is 0 Å². The molecule has 0 aliphatic carbocycles. The summed E-state index contributed by atoms with van der Waals surface area (Å²) >= 11 is 7.55. The molecule has 1 rings (SSSR count). The van der Waals surface area contributed by atoms with E-state index in [1.807, 2.05) is 37.2 Å². The summed E-state index contributed by atoms with van der Waals surface area (Å²) < 4.78 is 1.20. The molecule has 1 aromatic rings. The molecule has 64 valence electrons. The number of hydrogen-bond donors (Lipinski definition) is 0. The van der Waals surface area contributed by atoms with Gasteiger partial charge in [-0.25, -0.2) is 0 Å². The fourth-order valence-corrected chi connectivity index (χ4v) is 1.88. The van der Waals surface area contributed by atoms with Gasteiger partial charge < -0.3 is 4.90 Å². The van der Waals surface area contributed by atoms with Gasteiger partial charge in [0.1, 0.15) is 4.99 Å². The molecule has 0 saturated carbocycles. The molecule has 0 aliphatic heterocycles. The lowest BCUT2D eigenvalue weighted by molar-refractivity contribution is 0.636. The molecular formula is C9H10INS. The van der Waals surface area contributed by atoms with Gasteiger partial charge in [0, 0.05) is 23.2 Å². The first-order valence-electron chi connectivity index (χ1n) is 3.59. The van der Waals surface area contributed by atoms with E-state index in [4.69, 9.17) is 12.2 Å². The first-order chi connectivity index (χ1) is 5.63. The van der Waals surface area contributed by atoms with Crippen LogP contribution in [0.4, 0.5) is 0 Å². The molecule has 0 fully saturated rings. The standard InChI is InChI=1S/C9H10INS/c1-11(2)9(12)7-5-3-4-6-8(7)10/h3-6H,1-2H3. The fraction of sp³-hybridized carbons (Fsp3) is 0.222. The van der Waals surface area contributed by atoms with Gasteiger partial charge in [0.05, 0.1) is 0 Å². The second-order valence-corrected chi connectivity index (χ2v) is 4.23. The van der Waals surface area contributed by atoms with Crippen LogP contribution in [0.2, 0.25) is 0 Å². The Hall–Kier alpha value is -0.160. The smallest absolute Gasteiger partial charge is 0.109 e. The summed E-state index contributed by atoms with van der Waals surface area (Å²) in [5.74, 6) is 0. The van der Waals surface area contributed by atoms with Gasteiger partial charge >= 0.3 is 0 Å². The van der Waals surface area contributed by atoms with Crippen LogP contribution in [0.15, 0.2) is 24.3 Å². The van der Waals surface area contributed by atoms with E-state index in [2.05, 4.69) is 28.7 Å². The maximum absolute atomic E-state index is 5.25. The highest BCUT2D eigenvalue weighted by Crippen LogP contribution is 2.13. The first-order valence-corrected chi connectivity index (χ1v) is 5.08. The molecule has 0 N–H and O–H groups in total. The van der Waals surface area contributed by atoms with E-state index < -0.39 is 0 Å². The Morgan fingerprint density at radius 1 is 1.33 bits per heavy atom. The van der Waals surface area contributed by atoms with Crippen LogP contribution < -0.4 is 0 Å². The van der Waals surface area contributed by atoms with Crippen LogP contribution in [0.1, 0.15) is 5.56 Å². The van der Waals surface area contributed by atoms with Crippen LogP contribution in [0, 0.1) is 3.57 Å². The first kappa shape index (κ1) is 9.92. The highest BCUT2D eigenvalue weighted by atomic mass is 127. The predicted molar refractivity (Wildman–Crippen MR) is 64.5 cm³/mol. The minimum atomic E-state index is 0.889. The summed E-state index contributed by atoms with van der Waals surface area (Å²) in [5.41, 5.74) is 1.14. The molecule has 0 amide bonds. The second kappa shape index (κ2) is 4.18. The average molecular weight is 291 g/mol. The summed E-state index contributed by atoms with van der Waals surface area (Å²) in [6.45, 7) is 0. The number of hydrogen-bond acceptors (Lipinski definition) is 1. The molecular weight excluding hydrogens is 281 g/mol. The Morgan fingerprint density at radius 2 is 1.92 bits per heavy atom. The van der Waals surface area contributed by atoms with Crippen molar-refractivity contribution < 1.29 is 0 Å². The van der Waals surface area contributed by atoms with Crippen molar-refractivity contribution in [2.24, 2.45) is 0 Å². The number of benzene rings is 1. The quantitative estimate of drug-likeness (QED) is 0.578. The van der Waals surface area contributed by atoms with Gasteiger partial charge in [-0.1, -0.05) is 30.4 Å². The average Bonchev–Trinajstić information content (AvgIpc) is 2.04. The van der Waals surface area contributed by atoms with Crippen molar-refractivity contribution in [2.75, 3.05) is 14.1 Å². The molecule has 0 aliphatic rings. The Balaban J connectivity index is 3.03. The van der Waals surface area contributed by atoms with E-state index in [0.717, 1.165) is 10.6 Å². The summed E-state index contributed by atoms with van der Waals surface area (Å²) in [5, 5.41) is 0. The van der Waals surface area contributed by atoms with Crippen molar-refractivity contribution >= 4 is 39.8 Å². The maximum atomic E-state index is 5.25. The van der Waals surface area contributed by atoms with Crippen LogP contribution in [0.5, 0.6) is 0 Å². The van der Waals surface area contributed by atoms with Crippen LogP contribution in [-0.4, -0.2) is 24.0 Å². The van der Waals surface area contributed by atoms with E-state index in [1.54, 1.807) is 0 Å². The molecule has 3 heteroatoms. The second-order valence-electron chi connectivity index (χ2n) is 2.68. The number of nitrogens with zero attached hydrogens (tertiary/aromatic N) is 1. The highest BCUT2D eigenvalue weighted by Gasteiger charge is 2.05. The van der Waals surface area contributed by atoms with Gasteiger partial charge in [0.25, 0.3) is 0 Å². The summed E-state index contributed by atoms with van der Waals surface area (Å²) in [6, 6.07) is 8.13. The zero-order valence-corrected chi connectivity index (χ0v) is 10.0. The third-order valence-electron chi connectivity index (χ3n) is 1.51. The molecule has 0 saturated heterocycles. The lowest BCUT2D eigenvalue weighted by atomic mass is 10.2. The zero-order valence-electron chi connectivity index (χ0n) is 7.04. The molecule has 0 spiro atoms. The summed E-state index contributed by atoms with van der Waals surface area (Å²) in [6.07, 6.45) is 0. The molecule has 0 atom stereocenters. The maximum Gasteiger partial charge on any atom is 0.109 e. The van der Waals surface area contributed by atoms with Crippen LogP contribution in [0.25, 0.3) is 0 Å². The lowest BCUT2D eigenvalue weighted by Gasteiger charge is -2.14. The largest absolute Gasteiger partial charge is 0.368 e. The van der Waals surface area contributed by atoms with Crippen LogP contribution >= 0.6 is 34.8 Å². The Bertz CT molecular complexity index is 296. The Kier molecular flexibility index (Phi) is 3.46. The molecule has 1 aromatic carbocycles. The van der Waals surface area contributed by atoms with Gasteiger partial charge in [-0.2, -0.15) is 0 Å². The van der Waals surface area contributed by atoms with Crippen molar-refractivity contribution in [3.05, 3.63) is 33.4 Å². The summed E-state index contributed by atoms with van der Waals surface area (Å²) in [7, 11) is 3.93. The minimum absolute atomic E-state index is 0.889. The van der Waals surface area contributed by atoms with E-state index in [1.165, 1.54) is 3.57 Å². The van der Waals surface area contributed by atoms with E-state index in [0.29, 0.717) is 0 Å². The third-order valence-corrected chi connectivity index (χ3v) is 3.04. The van der Waals surface area contributed by atoms with Crippen molar-refractivity contribution in [3.63, 3.8) is 0 Å². The number of halogens is 1. The Labute approximate surface area is 91.9 Å². The van der Waals surface area contributed by atoms with Crippen molar-refractivity contribution in [2.45, 2.75) is 0 Å². The van der Waals surface area contributed by atoms with Gasteiger partial charge in [-0.05, 0) is 28.7 Å². The summed E-state index contributed by atoms with van der Waals surface area (Å²) in [4.78, 5) is 2.84. The van der Waals surface area contributed by atoms with E-state index >= 15 is 0 Å². The molecule has 0 unspecified atom stereocenters. The predicted octanol–water partition coefficient (Wildman–Crippen LogP) is 2.53. The molecule has 0 aromatic heterocycles. The van der Waals surface area contributed by atoms with Crippen molar-refractivity contribution in [1.82, 2.24) is 4.90 Å². The van der Waals surface area contributed by atoms with E-state index in [-0.39, 0.29) is 0 Å². The van der Waals surface area contributed by atoms with Gasteiger partial charge in [0.15, 0.2) is 0 Å². The van der Waals surface area contributed by atoms with Gasteiger partial charge in [-0.15, -0.1) is 0 Å². The van der Waals surface area contributed by atoms with Gasteiger partial charge in [0.2, 0.25) is 0 Å². The lowest BCUT2D eigenvalue weighted by Crippen LogP contribution is -2.21. The minimum Gasteiger partial charge on any atom is -0.368 e. The third kappa shape index (κ3) is 2.17. The number of thiocarbonyl (C=S) groups is 1. The normalized spacial score (nSPS) is 9.58. The molecule has 0 heterocycles. The molecule has 0 radical (unpaired) electrons. The molecule has 12 heavy (non-hydrogen) atoms. The van der Waals surface area contributed by atoms with Crippen LogP contribution in [0.3, 0.4) is 0 Å². The fourth-order valence-electron chi connectivity index (χ4n) is 0.876. The molecule has 1 nitrogen and oxygen atoms in total. The monoisotopic (exact) mass is 291 g/mol. The van der Waals surface area contributed by atoms with E-state index in [9.17, 15) is 0 Å². The Morgan fingerprint density at radius 3 is 2.42 bits per heavy atom. The van der Waals surface area contributed by atoms with Crippen molar-refractivity contribution in [1.29, 1.82) is 0 Å². The zero-order chi connectivity index (χ0) is 9.14. The number of rotatable bonds is 1. The van der Waals surface area contributed by atoms with Gasteiger partial charge in [-0.3, -0.25) is 0 Å². The molecule has 0 bridgehead atoms. The topological polar surface area (TPSA) is 3.24 Å².